The fraction of sp³-hybridized carbons (Fsp3) is 0.300. The van der Waals surface area contributed by atoms with E-state index >= 15 is 0 Å². The molecule has 0 saturated heterocycles. The van der Waals surface area contributed by atoms with Crippen molar-refractivity contribution in [3.63, 3.8) is 0 Å². The molecule has 0 saturated carbocycles. The lowest BCUT2D eigenvalue weighted by Gasteiger charge is -2.22. The van der Waals surface area contributed by atoms with Crippen LogP contribution >= 0.6 is 12.2 Å². The van der Waals surface area contributed by atoms with Crippen molar-refractivity contribution in [3.05, 3.63) is 54.1 Å². The van der Waals surface area contributed by atoms with E-state index in [0.717, 1.165) is 36.5 Å². The van der Waals surface area contributed by atoms with Crippen molar-refractivity contribution in [2.75, 3.05) is 30.4 Å². The van der Waals surface area contributed by atoms with Crippen LogP contribution in [0.2, 0.25) is 0 Å². The van der Waals surface area contributed by atoms with Gasteiger partial charge in [0.25, 0.3) is 0 Å². The summed E-state index contributed by atoms with van der Waals surface area (Å²) in [6, 6.07) is 15.9. The van der Waals surface area contributed by atoms with Crippen LogP contribution in [0.3, 0.4) is 0 Å². The summed E-state index contributed by atoms with van der Waals surface area (Å²) >= 11 is 5.24. The number of methoxy groups -OCH3 is 1. The van der Waals surface area contributed by atoms with Gasteiger partial charge in [0.1, 0.15) is 5.75 Å². The highest BCUT2D eigenvalue weighted by atomic mass is 32.1. The van der Waals surface area contributed by atoms with Gasteiger partial charge in [-0.2, -0.15) is 5.10 Å². The Bertz CT molecular complexity index is 714. The summed E-state index contributed by atoms with van der Waals surface area (Å²) in [5, 5.41) is 7.69. The van der Waals surface area contributed by atoms with Gasteiger partial charge < -0.3 is 15.0 Å². The molecule has 0 amide bonds. The minimum absolute atomic E-state index is 0.433. The number of anilines is 2. The van der Waals surface area contributed by atoms with Gasteiger partial charge in [-0.15, -0.1) is 0 Å². The lowest BCUT2D eigenvalue weighted by atomic mass is 10.2. The molecule has 0 heterocycles. The van der Waals surface area contributed by atoms with Crippen LogP contribution in [0.5, 0.6) is 5.75 Å². The third-order valence-electron chi connectivity index (χ3n) is 3.86. The van der Waals surface area contributed by atoms with Crippen molar-refractivity contribution in [2.24, 2.45) is 5.10 Å². The van der Waals surface area contributed by atoms with Gasteiger partial charge in [0.2, 0.25) is 0 Å². The summed E-state index contributed by atoms with van der Waals surface area (Å²) in [6.07, 6.45) is 2.89. The Morgan fingerprint density at radius 1 is 1.12 bits per heavy atom. The van der Waals surface area contributed by atoms with Gasteiger partial charge in [-0.05, 0) is 67.5 Å². The molecule has 0 atom stereocenters. The minimum atomic E-state index is 0.433. The van der Waals surface area contributed by atoms with Gasteiger partial charge in [-0.1, -0.05) is 19.1 Å². The SMILES string of the molecule is CCCN(CC)c1ccc(/C=N/NC(=S)Nc2ccc(OC)cc2)cc1. The van der Waals surface area contributed by atoms with Gasteiger partial charge in [0.15, 0.2) is 5.11 Å². The van der Waals surface area contributed by atoms with Gasteiger partial charge >= 0.3 is 0 Å². The van der Waals surface area contributed by atoms with E-state index in [1.165, 1.54) is 5.69 Å². The largest absolute Gasteiger partial charge is 0.497 e. The molecular formula is C20H26N4OS. The number of rotatable bonds is 8. The second-order valence-electron chi connectivity index (χ2n) is 5.72. The minimum Gasteiger partial charge on any atom is -0.497 e. The number of thiocarbonyl (C=S) groups is 1. The van der Waals surface area contributed by atoms with Crippen LogP contribution in [-0.4, -0.2) is 31.5 Å². The molecule has 0 aliphatic carbocycles. The van der Waals surface area contributed by atoms with Crippen molar-refractivity contribution in [1.29, 1.82) is 0 Å². The molecule has 0 aromatic heterocycles. The Morgan fingerprint density at radius 2 is 1.81 bits per heavy atom. The Morgan fingerprint density at radius 3 is 2.38 bits per heavy atom. The predicted molar refractivity (Wildman–Crippen MR) is 115 cm³/mol. The van der Waals surface area contributed by atoms with Crippen LogP contribution < -0.4 is 20.4 Å². The van der Waals surface area contributed by atoms with Crippen molar-refractivity contribution in [1.82, 2.24) is 5.43 Å². The van der Waals surface area contributed by atoms with Gasteiger partial charge in [-0.25, -0.2) is 0 Å². The van der Waals surface area contributed by atoms with E-state index in [0.29, 0.717) is 5.11 Å². The highest BCUT2D eigenvalue weighted by Gasteiger charge is 2.02. The number of hydrazone groups is 1. The number of hydrogen-bond acceptors (Lipinski definition) is 4. The van der Waals surface area contributed by atoms with Crippen molar-refractivity contribution >= 4 is 34.9 Å². The first-order valence-electron chi connectivity index (χ1n) is 8.75. The first-order valence-corrected chi connectivity index (χ1v) is 9.16. The maximum Gasteiger partial charge on any atom is 0.191 e. The van der Waals surface area contributed by atoms with Gasteiger partial charge in [-0.3, -0.25) is 5.43 Å². The van der Waals surface area contributed by atoms with E-state index in [2.05, 4.69) is 58.9 Å². The van der Waals surface area contributed by atoms with Crippen LogP contribution in [0.25, 0.3) is 0 Å². The highest BCUT2D eigenvalue weighted by molar-refractivity contribution is 7.80. The molecule has 6 heteroatoms. The second-order valence-corrected chi connectivity index (χ2v) is 6.13. The maximum absolute atomic E-state index is 5.24. The van der Waals surface area contributed by atoms with E-state index in [9.17, 15) is 0 Å². The van der Waals surface area contributed by atoms with E-state index < -0.39 is 0 Å². The third-order valence-corrected chi connectivity index (χ3v) is 4.05. The fourth-order valence-electron chi connectivity index (χ4n) is 2.51. The molecular weight excluding hydrogens is 344 g/mol. The molecule has 0 bridgehead atoms. The Kier molecular flexibility index (Phi) is 7.89. The first-order chi connectivity index (χ1) is 12.7. The third kappa shape index (κ3) is 6.04. The lowest BCUT2D eigenvalue weighted by Crippen LogP contribution is -2.24. The van der Waals surface area contributed by atoms with Gasteiger partial charge in [0.05, 0.1) is 13.3 Å². The molecule has 2 N–H and O–H groups in total. The Balaban J connectivity index is 1.85. The van der Waals surface area contributed by atoms with Gasteiger partial charge in [0, 0.05) is 24.5 Å². The molecule has 0 fully saturated rings. The first kappa shape index (κ1) is 19.7. The average molecular weight is 371 g/mol. The zero-order chi connectivity index (χ0) is 18.8. The standard InChI is InChI=1S/C20H26N4OS/c1-4-14-24(5-2)18-10-6-16(7-11-18)15-21-23-20(26)22-17-8-12-19(25-3)13-9-17/h6-13,15H,4-5,14H2,1-3H3,(H2,22,23,26)/b21-15+. The Hall–Kier alpha value is -2.60. The van der Waals surface area contributed by atoms with Crippen LogP contribution in [0.1, 0.15) is 25.8 Å². The molecule has 2 rings (SSSR count). The zero-order valence-electron chi connectivity index (χ0n) is 15.5. The van der Waals surface area contributed by atoms with Crippen LogP contribution in [-0.2, 0) is 0 Å². The summed E-state index contributed by atoms with van der Waals surface area (Å²) in [7, 11) is 1.64. The van der Waals surface area contributed by atoms with E-state index in [-0.39, 0.29) is 0 Å². The molecule has 2 aromatic carbocycles. The molecule has 0 aliphatic heterocycles. The molecule has 0 radical (unpaired) electrons. The molecule has 26 heavy (non-hydrogen) atoms. The Labute approximate surface area is 161 Å². The number of hydrogen-bond donors (Lipinski definition) is 2. The topological polar surface area (TPSA) is 48.9 Å². The summed E-state index contributed by atoms with van der Waals surface area (Å²) in [4.78, 5) is 2.35. The highest BCUT2D eigenvalue weighted by Crippen LogP contribution is 2.15. The summed E-state index contributed by atoms with van der Waals surface area (Å²) in [5.41, 5.74) is 5.95. The molecule has 0 spiro atoms. The van der Waals surface area contributed by atoms with Crippen LogP contribution in [0, 0.1) is 0 Å². The summed E-state index contributed by atoms with van der Waals surface area (Å²) in [6.45, 7) is 6.44. The number of nitrogens with zero attached hydrogens (tertiary/aromatic N) is 2. The molecule has 5 nitrogen and oxygen atoms in total. The van der Waals surface area contributed by atoms with Crippen molar-refractivity contribution in [2.45, 2.75) is 20.3 Å². The average Bonchev–Trinajstić information content (AvgIpc) is 2.67. The monoisotopic (exact) mass is 370 g/mol. The van der Waals surface area contributed by atoms with E-state index in [4.69, 9.17) is 17.0 Å². The second kappa shape index (κ2) is 10.4. The van der Waals surface area contributed by atoms with Crippen molar-refractivity contribution < 1.29 is 4.74 Å². The lowest BCUT2D eigenvalue weighted by molar-refractivity contribution is 0.415. The smallest absolute Gasteiger partial charge is 0.191 e. The van der Waals surface area contributed by atoms with Crippen molar-refractivity contribution in [3.8, 4) is 5.75 Å². The normalized spacial score (nSPS) is 10.6. The molecule has 0 aliphatic rings. The van der Waals surface area contributed by atoms with E-state index in [1.54, 1.807) is 13.3 Å². The summed E-state index contributed by atoms with van der Waals surface area (Å²) < 4.78 is 5.13. The predicted octanol–water partition coefficient (Wildman–Crippen LogP) is 4.25. The number of ether oxygens (including phenoxy) is 1. The maximum atomic E-state index is 5.24. The zero-order valence-corrected chi connectivity index (χ0v) is 16.3. The quantitative estimate of drug-likeness (QED) is 0.413. The molecule has 138 valence electrons. The van der Waals surface area contributed by atoms with E-state index in [1.807, 2.05) is 24.3 Å². The number of benzene rings is 2. The van der Waals surface area contributed by atoms with Crippen LogP contribution in [0.15, 0.2) is 53.6 Å². The summed E-state index contributed by atoms with van der Waals surface area (Å²) in [5.74, 6) is 0.802. The van der Waals surface area contributed by atoms with Crippen LogP contribution in [0.4, 0.5) is 11.4 Å². The fourth-order valence-corrected chi connectivity index (χ4v) is 2.68. The molecule has 2 aromatic rings. The number of nitrogens with one attached hydrogen (secondary N) is 2. The molecule has 0 unspecified atom stereocenters.